The summed E-state index contributed by atoms with van der Waals surface area (Å²) in [7, 11) is 0. The lowest BCUT2D eigenvalue weighted by molar-refractivity contribution is 0.111. The highest BCUT2D eigenvalue weighted by molar-refractivity contribution is 14.1. The molecule has 0 amide bonds. The van der Waals surface area contributed by atoms with Crippen LogP contribution in [0.4, 0.5) is 0 Å². The van der Waals surface area contributed by atoms with E-state index < -0.39 is 0 Å². The van der Waals surface area contributed by atoms with E-state index in [4.69, 9.17) is 11.6 Å². The highest BCUT2D eigenvalue weighted by Gasteiger charge is 2.11. The molecule has 1 heterocycles. The van der Waals surface area contributed by atoms with Gasteiger partial charge in [0.15, 0.2) is 12.6 Å². The third-order valence-electron chi connectivity index (χ3n) is 1.19. The number of hydrogen-bond donors (Lipinski definition) is 1. The van der Waals surface area contributed by atoms with Crippen molar-refractivity contribution in [3.05, 3.63) is 20.0 Å². The number of aromatic nitrogens is 1. The molecule has 1 aromatic heterocycles. The van der Waals surface area contributed by atoms with Crippen molar-refractivity contribution in [3.63, 3.8) is 0 Å². The Kier molecular flexibility index (Phi) is 2.67. The van der Waals surface area contributed by atoms with Crippen molar-refractivity contribution in [2.75, 3.05) is 0 Å². The number of hydrogen-bond acceptors (Lipinski definition) is 2. The van der Waals surface area contributed by atoms with Gasteiger partial charge in [-0.2, -0.15) is 0 Å². The third-order valence-corrected chi connectivity index (χ3v) is 2.65. The molecule has 5 heteroatoms. The van der Waals surface area contributed by atoms with E-state index in [9.17, 15) is 9.59 Å². The summed E-state index contributed by atoms with van der Waals surface area (Å²) in [6, 6.07) is 0. The molecule has 0 aromatic carbocycles. The molecule has 1 rings (SSSR count). The molecule has 0 fully saturated rings. The van der Waals surface area contributed by atoms with Crippen molar-refractivity contribution < 1.29 is 9.59 Å². The average Bonchev–Trinajstić information content (AvgIpc) is 2.26. The van der Waals surface area contributed by atoms with Gasteiger partial charge in [0.05, 0.1) is 14.8 Å². The molecule has 58 valence electrons. The predicted octanol–water partition coefficient (Wildman–Crippen LogP) is 1.90. The van der Waals surface area contributed by atoms with Gasteiger partial charge in [0.25, 0.3) is 0 Å². The molecular weight excluding hydrogens is 280 g/mol. The highest BCUT2D eigenvalue weighted by Crippen LogP contribution is 2.21. The quantitative estimate of drug-likeness (QED) is 0.666. The largest absolute Gasteiger partial charge is 0.342 e. The van der Waals surface area contributed by atoms with Crippen LogP contribution in [0.25, 0.3) is 0 Å². The number of nitrogens with one attached hydrogen (secondary N) is 1. The van der Waals surface area contributed by atoms with E-state index in [1.165, 1.54) is 0 Å². The molecule has 11 heavy (non-hydrogen) atoms. The number of halogens is 2. The molecule has 0 radical (unpaired) electrons. The summed E-state index contributed by atoms with van der Waals surface area (Å²) in [4.78, 5) is 23.2. The summed E-state index contributed by atoms with van der Waals surface area (Å²) in [5.41, 5.74) is 0.687. The minimum Gasteiger partial charge on any atom is -0.342 e. The van der Waals surface area contributed by atoms with Crippen molar-refractivity contribution in [1.29, 1.82) is 0 Å². The van der Waals surface area contributed by atoms with E-state index in [1.54, 1.807) is 0 Å². The molecule has 0 spiro atoms. The molecule has 0 aliphatic carbocycles. The SMILES string of the molecule is O=Cc1[nH]c(Cl)c(C=O)c1I. The smallest absolute Gasteiger partial charge is 0.167 e. The molecule has 0 bridgehead atoms. The van der Waals surface area contributed by atoms with Crippen molar-refractivity contribution in [2.24, 2.45) is 0 Å². The number of aldehydes is 2. The summed E-state index contributed by atoms with van der Waals surface area (Å²) >= 11 is 7.46. The third kappa shape index (κ3) is 1.46. The Morgan fingerprint density at radius 2 is 2.00 bits per heavy atom. The van der Waals surface area contributed by atoms with Crippen molar-refractivity contribution in [3.8, 4) is 0 Å². The van der Waals surface area contributed by atoms with Crippen LogP contribution in [0.5, 0.6) is 0 Å². The van der Waals surface area contributed by atoms with Gasteiger partial charge in [0.2, 0.25) is 0 Å². The number of carbonyl (C=O) groups is 2. The molecule has 1 aromatic rings. The van der Waals surface area contributed by atoms with Crippen LogP contribution in [0.2, 0.25) is 5.15 Å². The second-order valence-corrected chi connectivity index (χ2v) is 3.27. The molecule has 0 saturated heterocycles. The molecule has 0 saturated carbocycles. The maximum atomic E-state index is 10.4. The summed E-state index contributed by atoms with van der Waals surface area (Å²) < 4.78 is 0.567. The van der Waals surface area contributed by atoms with Gasteiger partial charge in [-0.1, -0.05) is 11.6 Å². The van der Waals surface area contributed by atoms with Crippen LogP contribution in [0.3, 0.4) is 0 Å². The van der Waals surface area contributed by atoms with Crippen molar-refractivity contribution in [2.45, 2.75) is 0 Å². The van der Waals surface area contributed by atoms with E-state index >= 15 is 0 Å². The lowest BCUT2D eigenvalue weighted by Gasteiger charge is -1.83. The zero-order valence-electron chi connectivity index (χ0n) is 5.23. The van der Waals surface area contributed by atoms with Crippen molar-refractivity contribution in [1.82, 2.24) is 4.98 Å². The first-order chi connectivity index (χ1) is 5.20. The Hall–Kier alpha value is -0.360. The summed E-state index contributed by atoms with van der Waals surface area (Å²) in [6.07, 6.45) is 1.24. The first-order valence-corrected chi connectivity index (χ1v) is 4.13. The molecule has 1 N–H and O–H groups in total. The first-order valence-electron chi connectivity index (χ1n) is 2.68. The number of carbonyl (C=O) groups excluding carboxylic acids is 2. The first kappa shape index (κ1) is 8.73. The molecule has 0 atom stereocenters. The monoisotopic (exact) mass is 283 g/mol. The second kappa shape index (κ2) is 3.36. The van der Waals surface area contributed by atoms with Gasteiger partial charge in [-0.05, 0) is 22.6 Å². The van der Waals surface area contributed by atoms with Crippen LogP contribution in [0, 0.1) is 3.57 Å². The van der Waals surface area contributed by atoms with Gasteiger partial charge >= 0.3 is 0 Å². The van der Waals surface area contributed by atoms with Crippen LogP contribution >= 0.6 is 34.2 Å². The number of rotatable bonds is 2. The van der Waals surface area contributed by atoms with Crippen LogP contribution in [0.15, 0.2) is 0 Å². The molecule has 0 unspecified atom stereocenters. The average molecular weight is 283 g/mol. The highest BCUT2D eigenvalue weighted by atomic mass is 127. The Morgan fingerprint density at radius 3 is 2.27 bits per heavy atom. The zero-order chi connectivity index (χ0) is 8.43. The van der Waals surface area contributed by atoms with Gasteiger partial charge in [0, 0.05) is 0 Å². The maximum absolute atomic E-state index is 10.4. The predicted molar refractivity (Wildman–Crippen MR) is 49.3 cm³/mol. The zero-order valence-corrected chi connectivity index (χ0v) is 8.14. The molecule has 0 aliphatic heterocycles. The van der Waals surface area contributed by atoms with Crippen LogP contribution in [0.1, 0.15) is 20.8 Å². The number of H-pyrrole nitrogens is 1. The van der Waals surface area contributed by atoms with Gasteiger partial charge in [-0.3, -0.25) is 9.59 Å². The normalized spacial score (nSPS) is 9.64. The number of aromatic amines is 1. The Bertz CT molecular complexity index is 308. The van der Waals surface area contributed by atoms with Gasteiger partial charge < -0.3 is 4.98 Å². The molecular formula is C6H3ClINO2. The topological polar surface area (TPSA) is 49.9 Å². The van der Waals surface area contributed by atoms with E-state index in [2.05, 4.69) is 4.98 Å². The second-order valence-electron chi connectivity index (χ2n) is 1.82. The van der Waals surface area contributed by atoms with Gasteiger partial charge in [-0.25, -0.2) is 0 Å². The van der Waals surface area contributed by atoms with E-state index in [1.807, 2.05) is 22.6 Å². The Labute approximate surface area is 81.3 Å². The summed E-state index contributed by atoms with van der Waals surface area (Å²) in [5, 5.41) is 0.214. The fraction of sp³-hybridized carbons (Fsp3) is 0. The standard InChI is InChI=1S/C6H3ClINO2/c7-6-3(1-10)5(8)4(2-11)9-6/h1-2,9H. The van der Waals surface area contributed by atoms with Crippen LogP contribution < -0.4 is 0 Å². The molecule has 0 aliphatic rings. The minimum absolute atomic E-state index is 0.214. The fourth-order valence-corrected chi connectivity index (χ4v) is 1.73. The fourth-order valence-electron chi connectivity index (χ4n) is 0.667. The Morgan fingerprint density at radius 1 is 1.36 bits per heavy atom. The summed E-state index contributed by atoms with van der Waals surface area (Å²) in [5.74, 6) is 0. The van der Waals surface area contributed by atoms with Gasteiger partial charge in [0.1, 0.15) is 5.15 Å². The lowest BCUT2D eigenvalue weighted by Crippen LogP contribution is -1.83. The Balaban J connectivity index is 3.35. The van der Waals surface area contributed by atoms with Crippen LogP contribution in [-0.4, -0.2) is 17.6 Å². The minimum atomic E-state index is 0.214. The maximum Gasteiger partial charge on any atom is 0.167 e. The van der Waals surface area contributed by atoms with Crippen molar-refractivity contribution >= 4 is 46.8 Å². The summed E-state index contributed by atoms with van der Waals surface area (Å²) in [6.45, 7) is 0. The lowest BCUT2D eigenvalue weighted by atomic mass is 10.3. The van der Waals surface area contributed by atoms with E-state index in [0.717, 1.165) is 0 Å². The molecule has 3 nitrogen and oxygen atoms in total. The van der Waals surface area contributed by atoms with Crippen LogP contribution in [-0.2, 0) is 0 Å². The van der Waals surface area contributed by atoms with E-state index in [0.29, 0.717) is 27.4 Å². The van der Waals surface area contributed by atoms with E-state index in [-0.39, 0.29) is 5.15 Å². The van der Waals surface area contributed by atoms with Gasteiger partial charge in [-0.15, -0.1) is 0 Å².